The Labute approximate surface area is 218 Å². The molecule has 204 valence electrons. The first-order valence-corrected chi connectivity index (χ1v) is 11.4. The van der Waals surface area contributed by atoms with Crippen LogP contribution in [0.5, 0.6) is 5.75 Å². The number of hydrogen-bond donors (Lipinski definition) is 0. The predicted octanol–water partition coefficient (Wildman–Crippen LogP) is 6.27. The smallest absolute Gasteiger partial charge is 0.416 e. The maximum Gasteiger partial charge on any atom is 0.416 e. The third-order valence-electron chi connectivity index (χ3n) is 6.24. The standard InChI is InChI=1S/C27H21F6N3O3/c1-15(35(2)24(37)16-12-17(26(28,29)30)14-18(13-16)27(31,32)33)23-34-22-7-5-4-6-21(22)25(38)36(23)19-8-10-20(39-3)11-9-19/h4-15H,1-3H3. The van der Waals surface area contributed by atoms with Gasteiger partial charge in [0.2, 0.25) is 0 Å². The number of para-hydroxylation sites is 1. The fraction of sp³-hybridized carbons (Fsp3) is 0.222. The van der Waals surface area contributed by atoms with Gasteiger partial charge in [-0.15, -0.1) is 0 Å². The van der Waals surface area contributed by atoms with Gasteiger partial charge in [0, 0.05) is 12.6 Å². The third-order valence-corrected chi connectivity index (χ3v) is 6.24. The summed E-state index contributed by atoms with van der Waals surface area (Å²) < 4.78 is 86.6. The predicted molar refractivity (Wildman–Crippen MR) is 131 cm³/mol. The number of benzene rings is 3. The lowest BCUT2D eigenvalue weighted by Crippen LogP contribution is -2.35. The van der Waals surface area contributed by atoms with Crippen molar-refractivity contribution < 1.29 is 35.9 Å². The molecule has 0 aliphatic heterocycles. The molecule has 1 unspecified atom stereocenters. The maximum absolute atomic E-state index is 13.5. The highest BCUT2D eigenvalue weighted by Crippen LogP contribution is 2.37. The summed E-state index contributed by atoms with van der Waals surface area (Å²) in [5.74, 6) is -0.571. The molecule has 12 heteroatoms. The minimum absolute atomic E-state index is 0.0442. The summed E-state index contributed by atoms with van der Waals surface area (Å²) in [6.07, 6.45) is -10.2. The molecule has 0 spiro atoms. The summed E-state index contributed by atoms with van der Waals surface area (Å²) in [7, 11) is 2.67. The van der Waals surface area contributed by atoms with Crippen LogP contribution in [0.4, 0.5) is 26.3 Å². The van der Waals surface area contributed by atoms with Gasteiger partial charge in [-0.2, -0.15) is 26.3 Å². The Morgan fingerprint density at radius 3 is 2.03 bits per heavy atom. The van der Waals surface area contributed by atoms with Gasteiger partial charge in [0.1, 0.15) is 11.6 Å². The van der Waals surface area contributed by atoms with Crippen LogP contribution in [-0.4, -0.2) is 34.5 Å². The number of halogens is 6. The largest absolute Gasteiger partial charge is 0.497 e. The zero-order valence-corrected chi connectivity index (χ0v) is 20.8. The molecular weight excluding hydrogens is 528 g/mol. The van der Waals surface area contributed by atoms with Gasteiger partial charge in [-0.1, -0.05) is 12.1 Å². The van der Waals surface area contributed by atoms with Gasteiger partial charge >= 0.3 is 12.4 Å². The molecule has 0 bridgehead atoms. The average Bonchev–Trinajstić information content (AvgIpc) is 2.90. The number of nitrogens with zero attached hydrogens (tertiary/aromatic N) is 3. The average molecular weight is 549 g/mol. The minimum Gasteiger partial charge on any atom is -0.497 e. The molecule has 1 atom stereocenters. The second kappa shape index (κ2) is 10.1. The summed E-state index contributed by atoms with van der Waals surface area (Å²) in [4.78, 5) is 32.3. The highest BCUT2D eigenvalue weighted by atomic mass is 19.4. The molecule has 6 nitrogen and oxygen atoms in total. The number of rotatable bonds is 5. The number of amides is 1. The van der Waals surface area contributed by atoms with Crippen molar-refractivity contribution in [2.45, 2.75) is 25.3 Å². The van der Waals surface area contributed by atoms with Gasteiger partial charge < -0.3 is 9.64 Å². The van der Waals surface area contributed by atoms with Gasteiger partial charge in [-0.05, 0) is 61.5 Å². The number of fused-ring (bicyclic) bond motifs is 1. The van der Waals surface area contributed by atoms with E-state index in [1.54, 1.807) is 48.5 Å². The number of alkyl halides is 6. The third kappa shape index (κ3) is 5.45. The second-order valence-corrected chi connectivity index (χ2v) is 8.71. The molecule has 0 aliphatic rings. The van der Waals surface area contributed by atoms with Crippen molar-refractivity contribution in [3.05, 3.63) is 99.6 Å². The van der Waals surface area contributed by atoms with E-state index in [1.807, 2.05) is 0 Å². The van der Waals surface area contributed by atoms with Crippen molar-refractivity contribution >= 4 is 16.8 Å². The van der Waals surface area contributed by atoms with Crippen molar-refractivity contribution in [2.75, 3.05) is 14.2 Å². The Morgan fingerprint density at radius 1 is 0.923 bits per heavy atom. The van der Waals surface area contributed by atoms with E-state index in [1.165, 1.54) is 25.6 Å². The lowest BCUT2D eigenvalue weighted by molar-refractivity contribution is -0.143. The quantitative estimate of drug-likeness (QED) is 0.276. The van der Waals surface area contributed by atoms with Crippen LogP contribution in [0, 0.1) is 0 Å². The van der Waals surface area contributed by atoms with E-state index in [4.69, 9.17) is 4.74 Å². The van der Waals surface area contributed by atoms with Gasteiger partial charge in [0.25, 0.3) is 11.5 Å². The molecule has 1 aromatic heterocycles. The molecule has 0 aliphatic carbocycles. The van der Waals surface area contributed by atoms with Crippen molar-refractivity contribution in [1.82, 2.24) is 14.5 Å². The highest BCUT2D eigenvalue weighted by Gasteiger charge is 2.38. The van der Waals surface area contributed by atoms with E-state index >= 15 is 0 Å². The molecule has 0 saturated carbocycles. The lowest BCUT2D eigenvalue weighted by Gasteiger charge is -2.27. The Hall–Kier alpha value is -4.35. The fourth-order valence-corrected chi connectivity index (χ4v) is 4.04. The van der Waals surface area contributed by atoms with E-state index in [0.29, 0.717) is 29.1 Å². The highest BCUT2D eigenvalue weighted by molar-refractivity contribution is 5.95. The number of methoxy groups -OCH3 is 1. The van der Waals surface area contributed by atoms with Crippen molar-refractivity contribution in [1.29, 1.82) is 0 Å². The number of ether oxygens (including phenoxy) is 1. The minimum atomic E-state index is -5.12. The van der Waals surface area contributed by atoms with Crippen LogP contribution in [0.1, 0.15) is 40.3 Å². The molecule has 0 saturated heterocycles. The summed E-state index contributed by atoms with van der Waals surface area (Å²) in [5.41, 5.74) is -3.85. The Kier molecular flexibility index (Phi) is 7.15. The topological polar surface area (TPSA) is 64.4 Å². The zero-order chi connectivity index (χ0) is 28.7. The second-order valence-electron chi connectivity index (χ2n) is 8.71. The number of aromatic nitrogens is 2. The number of carbonyl (C=O) groups is 1. The first-order chi connectivity index (χ1) is 18.2. The molecule has 1 amide bonds. The normalized spacial score (nSPS) is 12.8. The Morgan fingerprint density at radius 2 is 1.49 bits per heavy atom. The summed E-state index contributed by atoms with van der Waals surface area (Å²) in [5, 5.41) is 0.269. The Bertz CT molecular complexity index is 1560. The first kappa shape index (κ1) is 27.7. The maximum atomic E-state index is 13.5. The van der Waals surface area contributed by atoms with Crippen molar-refractivity contribution in [2.24, 2.45) is 0 Å². The molecule has 4 aromatic rings. The summed E-state index contributed by atoms with van der Waals surface area (Å²) in [6, 6.07) is 12.4. The van der Waals surface area contributed by atoms with Crippen molar-refractivity contribution in [3.63, 3.8) is 0 Å². The lowest BCUT2D eigenvalue weighted by atomic mass is 10.0. The van der Waals surface area contributed by atoms with E-state index in [-0.39, 0.29) is 17.3 Å². The van der Waals surface area contributed by atoms with E-state index in [2.05, 4.69) is 4.98 Å². The summed E-state index contributed by atoms with van der Waals surface area (Å²) >= 11 is 0. The molecule has 39 heavy (non-hydrogen) atoms. The SMILES string of the molecule is COc1ccc(-n2c(C(C)N(C)C(=O)c3cc(C(F)(F)F)cc(C(F)(F)F)c3)nc3ccccc3c2=O)cc1. The number of carbonyl (C=O) groups excluding carboxylic acids is 1. The van der Waals surface area contributed by atoms with Crippen LogP contribution in [0.2, 0.25) is 0 Å². The molecule has 3 aromatic carbocycles. The van der Waals surface area contributed by atoms with E-state index in [0.717, 1.165) is 4.90 Å². The van der Waals surface area contributed by atoms with Crippen molar-refractivity contribution in [3.8, 4) is 11.4 Å². The van der Waals surface area contributed by atoms with Gasteiger partial charge in [0.05, 0.1) is 40.9 Å². The molecule has 0 radical (unpaired) electrons. The van der Waals surface area contributed by atoms with Crippen LogP contribution in [-0.2, 0) is 12.4 Å². The van der Waals surface area contributed by atoms with Crippen LogP contribution in [0.25, 0.3) is 16.6 Å². The first-order valence-electron chi connectivity index (χ1n) is 11.4. The molecular formula is C27H21F6N3O3. The fourth-order valence-electron chi connectivity index (χ4n) is 4.04. The van der Waals surface area contributed by atoms with E-state index in [9.17, 15) is 35.9 Å². The van der Waals surface area contributed by atoms with E-state index < -0.39 is 46.6 Å². The Balaban J connectivity index is 1.85. The molecule has 0 fully saturated rings. The van der Waals surface area contributed by atoms with Gasteiger partial charge in [-0.3, -0.25) is 14.2 Å². The molecule has 4 rings (SSSR count). The van der Waals surface area contributed by atoms with Crippen LogP contribution in [0.3, 0.4) is 0 Å². The number of hydrogen-bond acceptors (Lipinski definition) is 4. The monoisotopic (exact) mass is 549 g/mol. The molecule has 1 heterocycles. The molecule has 0 N–H and O–H groups in total. The van der Waals surface area contributed by atoms with Gasteiger partial charge in [0.15, 0.2) is 0 Å². The van der Waals surface area contributed by atoms with Crippen LogP contribution >= 0.6 is 0 Å². The van der Waals surface area contributed by atoms with Gasteiger partial charge in [-0.25, -0.2) is 4.98 Å². The van der Waals surface area contributed by atoms with Crippen LogP contribution < -0.4 is 10.3 Å². The summed E-state index contributed by atoms with van der Waals surface area (Å²) in [6.45, 7) is 1.47. The van der Waals surface area contributed by atoms with Crippen LogP contribution in [0.15, 0.2) is 71.5 Å². The zero-order valence-electron chi connectivity index (χ0n) is 20.8.